The first kappa shape index (κ1) is 40.4. The van der Waals surface area contributed by atoms with Gasteiger partial charge in [0, 0.05) is 0 Å². The van der Waals surface area contributed by atoms with Crippen LogP contribution in [-0.2, 0) is 26.7 Å². The summed E-state index contributed by atoms with van der Waals surface area (Å²) in [7, 11) is 0. The van der Waals surface area contributed by atoms with Gasteiger partial charge >= 0.3 is 17.1 Å². The van der Waals surface area contributed by atoms with Gasteiger partial charge in [-0.1, -0.05) is 0 Å². The average Bonchev–Trinajstić information content (AvgIpc) is 1.50. The summed E-state index contributed by atoms with van der Waals surface area (Å²) >= 11 is 0. The fourth-order valence-corrected chi connectivity index (χ4v) is 0. The van der Waals surface area contributed by atoms with Crippen molar-refractivity contribution >= 4 is 13.6 Å². The maximum atomic E-state index is 7.50. The Labute approximate surface area is 87.3 Å². The Morgan fingerprint density at radius 3 is 0.714 bits per heavy atom. The van der Waals surface area contributed by atoms with Crippen LogP contribution in [0.4, 0.5) is 0 Å². The average molecular weight is 366 g/mol. The van der Waals surface area contributed by atoms with E-state index in [0.29, 0.717) is 0 Å². The van der Waals surface area contributed by atoms with Gasteiger partial charge in [-0.25, -0.2) is 0 Å². The number of halogens is 2. The van der Waals surface area contributed by atoms with Crippen molar-refractivity contribution in [2.45, 2.75) is 0 Å². The van der Waals surface area contributed by atoms with Crippen molar-refractivity contribution in [1.29, 1.82) is 0 Å². The molecule has 0 aliphatic heterocycles. The molecule has 0 bridgehead atoms. The molecular formula is C2FeI2O2. The van der Waals surface area contributed by atoms with Crippen molar-refractivity contribution in [2.24, 2.45) is 0 Å². The van der Waals surface area contributed by atoms with Crippen molar-refractivity contribution in [1.82, 2.24) is 0 Å². The predicted octanol–water partition coefficient (Wildman–Crippen LogP) is -6.79. The molecule has 2 nitrogen and oxygen atoms in total. The Hall–Kier alpha value is 1.32. The van der Waals surface area contributed by atoms with E-state index < -0.39 is 0 Å². The summed E-state index contributed by atoms with van der Waals surface area (Å²) in [5, 5.41) is 0. The quantitative estimate of drug-likeness (QED) is 0.316. The van der Waals surface area contributed by atoms with E-state index >= 15 is 0 Å². The topological polar surface area (TPSA) is 34.1 Å². The molecule has 0 aromatic carbocycles. The first-order valence-corrected chi connectivity index (χ1v) is 0.408. The standard InChI is InChI=1S/2CO.Fe.2HI/c2*1-2;;;/h;;;2*1H/q;;+2;;/p-2. The van der Waals surface area contributed by atoms with Gasteiger partial charge in [0.25, 0.3) is 13.6 Å². The molecule has 0 fully saturated rings. The molecule has 0 aliphatic rings. The zero-order valence-corrected chi connectivity index (χ0v) is 8.35. The van der Waals surface area contributed by atoms with Crippen LogP contribution in [0.3, 0.4) is 0 Å². The maximum Gasteiger partial charge on any atom is 2.00 e. The summed E-state index contributed by atoms with van der Waals surface area (Å²) in [5.41, 5.74) is 0. The molecule has 42 valence electrons. The molecule has 0 unspecified atom stereocenters. The van der Waals surface area contributed by atoms with Crippen molar-refractivity contribution in [3.63, 3.8) is 0 Å². The second kappa shape index (κ2) is 168. The number of hydrogen-bond acceptors (Lipinski definition) is 2. The van der Waals surface area contributed by atoms with Gasteiger partial charge in [0.15, 0.2) is 0 Å². The Kier molecular flexibility index (Phi) is 970. The summed E-state index contributed by atoms with van der Waals surface area (Å²) in [6.07, 6.45) is 0. The normalized spacial score (nSPS) is 1.14. The molecule has 0 aromatic heterocycles. The minimum absolute atomic E-state index is 0. The van der Waals surface area contributed by atoms with Crippen molar-refractivity contribution < 1.29 is 74.6 Å². The van der Waals surface area contributed by atoms with Gasteiger partial charge in [0.2, 0.25) is 0 Å². The van der Waals surface area contributed by atoms with Gasteiger partial charge in [0.05, 0.1) is 0 Å². The van der Waals surface area contributed by atoms with Crippen LogP contribution in [0, 0.1) is 0 Å². The third-order valence-electron chi connectivity index (χ3n) is 0. The Balaban J connectivity index is -0.00000000267. The van der Waals surface area contributed by atoms with E-state index in [1.54, 1.807) is 0 Å². The Bertz CT molecular complexity index is 15.7. The summed E-state index contributed by atoms with van der Waals surface area (Å²) in [6, 6.07) is 0. The Morgan fingerprint density at radius 1 is 0.714 bits per heavy atom. The predicted molar refractivity (Wildman–Crippen MR) is 11.4 cm³/mol. The van der Waals surface area contributed by atoms with Crippen molar-refractivity contribution in [3.8, 4) is 0 Å². The first-order chi connectivity index (χ1) is 2.00. The molecule has 0 heterocycles. The van der Waals surface area contributed by atoms with Gasteiger partial charge in [-0.15, -0.1) is 0 Å². The molecule has 0 rings (SSSR count). The first-order valence-electron chi connectivity index (χ1n) is 0.408. The minimum Gasteiger partial charge on any atom is -1.00 e. The molecule has 0 amide bonds. The van der Waals surface area contributed by atoms with Crippen LogP contribution < -0.4 is 48.0 Å². The van der Waals surface area contributed by atoms with Crippen molar-refractivity contribution in [2.75, 3.05) is 0 Å². The van der Waals surface area contributed by atoms with E-state index in [2.05, 4.69) is 13.6 Å². The van der Waals surface area contributed by atoms with Gasteiger partial charge < -0.3 is 48.0 Å². The second-order valence-electron chi connectivity index (χ2n) is 0. The number of hydrogen-bond donors (Lipinski definition) is 0. The molecule has 0 atom stereocenters. The molecular weight excluding hydrogens is 366 g/mol. The minimum atomic E-state index is 0. The van der Waals surface area contributed by atoms with E-state index in [-0.39, 0.29) is 65.0 Å². The molecule has 5 heteroatoms. The van der Waals surface area contributed by atoms with Gasteiger partial charge in [-0.3, -0.25) is 9.59 Å². The molecule has 0 saturated heterocycles. The van der Waals surface area contributed by atoms with Crippen LogP contribution in [0.2, 0.25) is 0 Å². The van der Waals surface area contributed by atoms with Crippen molar-refractivity contribution in [3.05, 3.63) is 0 Å². The summed E-state index contributed by atoms with van der Waals surface area (Å²) in [6.45, 7) is 9.00. The summed E-state index contributed by atoms with van der Waals surface area (Å²) < 4.78 is 0. The summed E-state index contributed by atoms with van der Waals surface area (Å²) in [4.78, 5) is 15.0. The Morgan fingerprint density at radius 2 is 0.714 bits per heavy atom. The molecule has 0 aliphatic carbocycles. The zero-order valence-electron chi connectivity index (χ0n) is 2.93. The SMILES string of the molecule is [C]=O.[C]=O.[Fe+2].[I-].[I-]. The van der Waals surface area contributed by atoms with E-state index in [1.165, 1.54) is 0 Å². The molecule has 0 N–H and O–H groups in total. The van der Waals surface area contributed by atoms with Crippen LogP contribution in [-0.4, -0.2) is 13.6 Å². The second-order valence-corrected chi connectivity index (χ2v) is 0. The largest absolute Gasteiger partial charge is 2.00 e. The van der Waals surface area contributed by atoms with E-state index in [9.17, 15) is 0 Å². The third-order valence-corrected chi connectivity index (χ3v) is 0. The van der Waals surface area contributed by atoms with Gasteiger partial charge in [-0.2, -0.15) is 0 Å². The van der Waals surface area contributed by atoms with Crippen LogP contribution >= 0.6 is 0 Å². The van der Waals surface area contributed by atoms with Gasteiger partial charge in [-0.05, 0) is 0 Å². The van der Waals surface area contributed by atoms with E-state index in [0.717, 1.165) is 0 Å². The smallest absolute Gasteiger partial charge is 1.00 e. The van der Waals surface area contributed by atoms with E-state index in [1.807, 2.05) is 0 Å². The van der Waals surface area contributed by atoms with Crippen LogP contribution in [0.25, 0.3) is 0 Å². The molecule has 0 saturated carbocycles. The zero-order chi connectivity index (χ0) is 4.00. The maximum absolute atomic E-state index is 7.50. The van der Waals surface area contributed by atoms with E-state index in [4.69, 9.17) is 9.59 Å². The molecule has 0 spiro atoms. The van der Waals surface area contributed by atoms with Crippen LogP contribution in [0.15, 0.2) is 0 Å². The number of carbonyl (C=O) groups excluding carboxylic acids is 2. The molecule has 7 heavy (non-hydrogen) atoms. The molecule has 4 radical (unpaired) electrons. The fourth-order valence-electron chi connectivity index (χ4n) is 0. The monoisotopic (exact) mass is 366 g/mol. The van der Waals surface area contributed by atoms with Crippen LogP contribution in [0.1, 0.15) is 0 Å². The van der Waals surface area contributed by atoms with Crippen LogP contribution in [0.5, 0.6) is 0 Å². The van der Waals surface area contributed by atoms with Gasteiger partial charge in [0.1, 0.15) is 0 Å². The fraction of sp³-hybridized carbons (Fsp3) is 0. The molecule has 0 aromatic rings. The number of rotatable bonds is 0. The summed E-state index contributed by atoms with van der Waals surface area (Å²) in [5.74, 6) is 0. The third kappa shape index (κ3) is 119.